The zero-order valence-electron chi connectivity index (χ0n) is 8.10. The average molecular weight is 162 g/mol. The van der Waals surface area contributed by atoms with E-state index in [0.29, 0.717) is 6.42 Å². The van der Waals surface area contributed by atoms with Gasteiger partial charge < -0.3 is 0 Å². The summed E-state index contributed by atoms with van der Waals surface area (Å²) in [5, 5.41) is 17.4. The Hall–Kier alpha value is -1.28. The molecule has 0 spiro atoms. The normalized spacial score (nSPS) is 9.83. The molecule has 0 radical (unpaired) electrons. The molecule has 0 atom stereocenters. The molecule has 0 rings (SSSR count). The first-order valence-corrected chi connectivity index (χ1v) is 3.90. The maximum absolute atomic E-state index is 8.84. The number of allylic oxidation sites excluding steroid dienone is 2. The lowest BCUT2D eigenvalue weighted by atomic mass is 9.80. The van der Waals surface area contributed by atoms with Crippen LogP contribution >= 0.6 is 0 Å². The van der Waals surface area contributed by atoms with Crippen molar-refractivity contribution in [2.24, 2.45) is 5.41 Å². The Morgan fingerprint density at radius 1 is 1.25 bits per heavy atom. The summed E-state index contributed by atoms with van der Waals surface area (Å²) >= 11 is 0. The third kappa shape index (κ3) is 2.40. The summed E-state index contributed by atoms with van der Waals surface area (Å²) in [5.74, 6) is 0. The van der Waals surface area contributed by atoms with Crippen molar-refractivity contribution in [2.45, 2.75) is 34.1 Å². The maximum atomic E-state index is 8.84. The average Bonchev–Trinajstić information content (AvgIpc) is 1.86. The third-order valence-electron chi connectivity index (χ3n) is 1.81. The molecule has 0 aliphatic rings. The second-order valence-electron chi connectivity index (χ2n) is 3.71. The monoisotopic (exact) mass is 162 g/mol. The van der Waals surface area contributed by atoms with Crippen molar-refractivity contribution < 1.29 is 0 Å². The van der Waals surface area contributed by atoms with Crippen molar-refractivity contribution in [3.63, 3.8) is 0 Å². The highest BCUT2D eigenvalue weighted by atomic mass is 14.3. The van der Waals surface area contributed by atoms with Crippen LogP contribution in [0.5, 0.6) is 0 Å². The molecule has 0 amide bonds. The Balaban J connectivity index is 4.92. The predicted molar refractivity (Wildman–Crippen MR) is 48.0 cm³/mol. The van der Waals surface area contributed by atoms with Crippen molar-refractivity contribution in [1.82, 2.24) is 0 Å². The van der Waals surface area contributed by atoms with Crippen molar-refractivity contribution in [3.05, 3.63) is 11.1 Å². The molecule has 12 heavy (non-hydrogen) atoms. The molecule has 0 saturated heterocycles. The largest absolute Gasteiger partial charge is 0.198 e. The predicted octanol–water partition coefficient (Wildman–Crippen LogP) is 2.79. The van der Waals surface area contributed by atoms with Gasteiger partial charge in [-0.1, -0.05) is 19.4 Å². The van der Waals surface area contributed by atoms with Gasteiger partial charge in [-0.15, -0.1) is 0 Å². The van der Waals surface area contributed by atoms with Crippen LogP contribution in [0.3, 0.4) is 0 Å². The van der Waals surface area contributed by atoms with Gasteiger partial charge in [0, 0.05) is 17.4 Å². The maximum Gasteiger partial charge on any atom is 0.0952 e. The standard InChI is InChI=1S/C10H14N2/c1-8(2)9(7-12)10(3,4)5-6-11/h5H2,1-4H3. The van der Waals surface area contributed by atoms with Crippen LogP contribution in [0.2, 0.25) is 0 Å². The first-order valence-electron chi connectivity index (χ1n) is 3.90. The van der Waals surface area contributed by atoms with E-state index >= 15 is 0 Å². The quantitative estimate of drug-likeness (QED) is 0.586. The van der Waals surface area contributed by atoms with Gasteiger partial charge in [0.15, 0.2) is 0 Å². The lowest BCUT2D eigenvalue weighted by Gasteiger charge is -2.21. The minimum atomic E-state index is -0.303. The first-order chi connectivity index (χ1) is 5.45. The van der Waals surface area contributed by atoms with Gasteiger partial charge in [-0.05, 0) is 13.8 Å². The number of nitriles is 2. The van der Waals surface area contributed by atoms with Crippen molar-refractivity contribution >= 4 is 0 Å². The fourth-order valence-electron chi connectivity index (χ4n) is 1.23. The third-order valence-corrected chi connectivity index (χ3v) is 1.81. The van der Waals surface area contributed by atoms with Crippen LogP contribution in [0.1, 0.15) is 34.1 Å². The molecule has 0 aromatic carbocycles. The smallest absolute Gasteiger partial charge is 0.0952 e. The van der Waals surface area contributed by atoms with Gasteiger partial charge in [-0.25, -0.2) is 0 Å². The molecule has 0 bridgehead atoms. The molecule has 0 aliphatic carbocycles. The fourth-order valence-corrected chi connectivity index (χ4v) is 1.23. The Morgan fingerprint density at radius 2 is 1.75 bits per heavy atom. The summed E-state index contributed by atoms with van der Waals surface area (Å²) in [6, 6.07) is 4.25. The van der Waals surface area contributed by atoms with E-state index in [1.807, 2.05) is 27.7 Å². The summed E-state index contributed by atoms with van der Waals surface area (Å²) in [4.78, 5) is 0. The fraction of sp³-hybridized carbons (Fsp3) is 0.600. The van der Waals surface area contributed by atoms with E-state index in [9.17, 15) is 0 Å². The number of hydrogen-bond acceptors (Lipinski definition) is 2. The van der Waals surface area contributed by atoms with Crippen LogP contribution in [-0.4, -0.2) is 0 Å². The molecular weight excluding hydrogens is 148 g/mol. The zero-order chi connectivity index (χ0) is 9.78. The van der Waals surface area contributed by atoms with E-state index in [4.69, 9.17) is 10.5 Å². The summed E-state index contributed by atoms with van der Waals surface area (Å²) in [6.07, 6.45) is 0.390. The lowest BCUT2D eigenvalue weighted by Crippen LogP contribution is -2.14. The number of hydrogen-bond donors (Lipinski definition) is 0. The highest BCUT2D eigenvalue weighted by molar-refractivity contribution is 5.32. The topological polar surface area (TPSA) is 47.6 Å². The molecule has 0 unspecified atom stereocenters. The molecule has 0 aliphatic heterocycles. The van der Waals surface area contributed by atoms with E-state index in [0.717, 1.165) is 11.1 Å². The van der Waals surface area contributed by atoms with Gasteiger partial charge in [0.2, 0.25) is 0 Å². The zero-order valence-corrected chi connectivity index (χ0v) is 8.10. The van der Waals surface area contributed by atoms with Gasteiger partial charge in [0.05, 0.1) is 12.1 Å². The summed E-state index contributed by atoms with van der Waals surface area (Å²) in [7, 11) is 0. The lowest BCUT2D eigenvalue weighted by molar-refractivity contribution is 0.468. The molecule has 2 heteroatoms. The Bertz CT molecular complexity index is 267. The van der Waals surface area contributed by atoms with Crippen LogP contribution in [0.25, 0.3) is 0 Å². The summed E-state index contributed by atoms with van der Waals surface area (Å²) in [6.45, 7) is 7.64. The second kappa shape index (κ2) is 3.93. The van der Waals surface area contributed by atoms with Crippen molar-refractivity contribution in [2.75, 3.05) is 0 Å². The van der Waals surface area contributed by atoms with Crippen LogP contribution < -0.4 is 0 Å². The summed E-state index contributed by atoms with van der Waals surface area (Å²) in [5.41, 5.74) is 1.42. The highest BCUT2D eigenvalue weighted by Crippen LogP contribution is 2.31. The minimum absolute atomic E-state index is 0.303. The molecule has 2 nitrogen and oxygen atoms in total. The molecule has 0 aromatic rings. The molecule has 64 valence electrons. The SMILES string of the molecule is CC(C)=C(C#N)C(C)(C)CC#N. The van der Waals surface area contributed by atoms with Crippen LogP contribution in [-0.2, 0) is 0 Å². The Labute approximate surface area is 74.1 Å². The van der Waals surface area contributed by atoms with Crippen LogP contribution in [0, 0.1) is 28.1 Å². The molecule has 0 aromatic heterocycles. The van der Waals surface area contributed by atoms with Gasteiger partial charge in [-0.3, -0.25) is 0 Å². The second-order valence-corrected chi connectivity index (χ2v) is 3.71. The molecule has 0 N–H and O–H groups in total. The number of nitrogens with zero attached hydrogens (tertiary/aromatic N) is 2. The van der Waals surface area contributed by atoms with Gasteiger partial charge in [0.25, 0.3) is 0 Å². The molecule has 0 saturated carbocycles. The van der Waals surface area contributed by atoms with E-state index in [1.165, 1.54) is 0 Å². The van der Waals surface area contributed by atoms with E-state index in [1.54, 1.807) is 0 Å². The van der Waals surface area contributed by atoms with Crippen molar-refractivity contribution in [3.8, 4) is 12.1 Å². The van der Waals surface area contributed by atoms with Gasteiger partial charge >= 0.3 is 0 Å². The van der Waals surface area contributed by atoms with E-state index in [2.05, 4.69) is 12.1 Å². The van der Waals surface area contributed by atoms with Gasteiger partial charge in [-0.2, -0.15) is 10.5 Å². The van der Waals surface area contributed by atoms with E-state index < -0.39 is 0 Å². The highest BCUT2D eigenvalue weighted by Gasteiger charge is 2.23. The molecule has 0 fully saturated rings. The summed E-state index contributed by atoms with van der Waals surface area (Å²) < 4.78 is 0. The molecule has 0 heterocycles. The Kier molecular flexibility index (Phi) is 3.51. The number of rotatable bonds is 2. The minimum Gasteiger partial charge on any atom is -0.198 e. The van der Waals surface area contributed by atoms with Crippen LogP contribution in [0.15, 0.2) is 11.1 Å². The van der Waals surface area contributed by atoms with E-state index in [-0.39, 0.29) is 5.41 Å². The van der Waals surface area contributed by atoms with Crippen LogP contribution in [0.4, 0.5) is 0 Å². The molecular formula is C10H14N2. The van der Waals surface area contributed by atoms with Gasteiger partial charge in [0.1, 0.15) is 0 Å². The first kappa shape index (κ1) is 10.7. The Morgan fingerprint density at radius 3 is 2.00 bits per heavy atom. The van der Waals surface area contributed by atoms with Crippen molar-refractivity contribution in [1.29, 1.82) is 10.5 Å².